The van der Waals surface area contributed by atoms with Crippen LogP contribution in [0.1, 0.15) is 30.4 Å². The topological polar surface area (TPSA) is 70.9 Å². The number of anilines is 1. The molecule has 3 aromatic carbocycles. The number of aromatic nitrogens is 2. The number of halogens is 1. The zero-order valence-corrected chi connectivity index (χ0v) is 24.9. The molecule has 4 aromatic rings. The molecule has 2 heterocycles. The number of para-hydroxylation sites is 2. The number of amides is 2. The van der Waals surface area contributed by atoms with Gasteiger partial charge in [-0.15, -0.1) is 0 Å². The second-order valence-electron chi connectivity index (χ2n) is 10.7. The van der Waals surface area contributed by atoms with Gasteiger partial charge in [-0.1, -0.05) is 60.1 Å². The fraction of sp³-hybridized carbons (Fsp3) is 0.364. The Morgan fingerprint density at radius 1 is 0.881 bits per heavy atom. The molecule has 0 N–H and O–H groups in total. The van der Waals surface area contributed by atoms with E-state index in [0.717, 1.165) is 59.7 Å². The first-order valence-electron chi connectivity index (χ1n) is 14.5. The Bertz CT molecular complexity index is 1490. The maximum absolute atomic E-state index is 13.7. The van der Waals surface area contributed by atoms with Gasteiger partial charge in [0.1, 0.15) is 6.61 Å². The molecule has 9 heteroatoms. The summed E-state index contributed by atoms with van der Waals surface area (Å²) in [5.41, 5.74) is 4.00. The van der Waals surface area contributed by atoms with Crippen LogP contribution in [0, 0.1) is 0 Å². The lowest BCUT2D eigenvalue weighted by molar-refractivity contribution is -0.132. The second-order valence-corrected chi connectivity index (χ2v) is 11.1. The molecule has 1 aliphatic rings. The third-order valence-corrected chi connectivity index (χ3v) is 7.98. The van der Waals surface area contributed by atoms with E-state index in [2.05, 4.69) is 22.1 Å². The summed E-state index contributed by atoms with van der Waals surface area (Å²) in [6, 6.07) is 23.9. The molecule has 0 atom stereocenters. The number of nitrogens with zero attached hydrogens (tertiary/aromatic N) is 5. The first-order chi connectivity index (χ1) is 20.5. The van der Waals surface area contributed by atoms with Crippen LogP contribution >= 0.6 is 11.6 Å². The molecular formula is C33H38ClN5O3. The Hall–Kier alpha value is -3.72. The number of hydrogen-bond donors (Lipinski definition) is 0. The highest BCUT2D eigenvalue weighted by atomic mass is 35.5. The molecule has 1 aliphatic heterocycles. The van der Waals surface area contributed by atoms with E-state index in [1.165, 1.54) is 12.7 Å². The minimum Gasteiger partial charge on any atom is -0.375 e. The quantitative estimate of drug-likeness (QED) is 0.290. The van der Waals surface area contributed by atoms with Crippen LogP contribution in [0.4, 0.5) is 5.69 Å². The molecule has 0 fully saturated rings. The summed E-state index contributed by atoms with van der Waals surface area (Å²) in [6.45, 7) is 4.57. The van der Waals surface area contributed by atoms with Crippen LogP contribution in [0.3, 0.4) is 0 Å². The summed E-state index contributed by atoms with van der Waals surface area (Å²) in [4.78, 5) is 33.1. The highest BCUT2D eigenvalue weighted by molar-refractivity contribution is 6.30. The van der Waals surface area contributed by atoms with E-state index in [1.54, 1.807) is 0 Å². The number of benzene rings is 3. The van der Waals surface area contributed by atoms with E-state index < -0.39 is 0 Å². The average molecular weight is 588 g/mol. The summed E-state index contributed by atoms with van der Waals surface area (Å²) in [5.74, 6) is -0.0184. The predicted molar refractivity (Wildman–Crippen MR) is 166 cm³/mol. The van der Waals surface area contributed by atoms with Crippen molar-refractivity contribution in [1.29, 1.82) is 0 Å². The molecule has 42 heavy (non-hydrogen) atoms. The molecule has 0 spiro atoms. The van der Waals surface area contributed by atoms with Gasteiger partial charge in [0, 0.05) is 68.9 Å². The van der Waals surface area contributed by atoms with Gasteiger partial charge in [-0.2, -0.15) is 5.10 Å². The molecular weight excluding hydrogens is 550 g/mol. The zero-order valence-electron chi connectivity index (χ0n) is 24.1. The van der Waals surface area contributed by atoms with Gasteiger partial charge in [0.25, 0.3) is 5.91 Å². The van der Waals surface area contributed by atoms with Gasteiger partial charge in [-0.3, -0.25) is 19.2 Å². The van der Waals surface area contributed by atoms with Crippen molar-refractivity contribution in [2.75, 3.05) is 44.8 Å². The number of carbonyl (C=O) groups is 2. The minimum atomic E-state index is -0.0882. The lowest BCUT2D eigenvalue weighted by atomic mass is 10.1. The molecule has 5 rings (SSSR count). The molecule has 2 amide bonds. The number of rotatable bonds is 7. The third-order valence-electron chi connectivity index (χ3n) is 7.73. The van der Waals surface area contributed by atoms with Crippen LogP contribution in [0.5, 0.6) is 0 Å². The van der Waals surface area contributed by atoms with Crippen molar-refractivity contribution in [3.63, 3.8) is 0 Å². The van der Waals surface area contributed by atoms with Gasteiger partial charge in [-0.25, -0.2) is 0 Å². The maximum Gasteiger partial charge on any atom is 0.252 e. The van der Waals surface area contributed by atoms with Crippen molar-refractivity contribution in [2.24, 2.45) is 0 Å². The monoisotopic (exact) mass is 587 g/mol. The van der Waals surface area contributed by atoms with Crippen molar-refractivity contribution in [1.82, 2.24) is 19.6 Å². The molecule has 0 saturated carbocycles. The lowest BCUT2D eigenvalue weighted by Gasteiger charge is -2.31. The Morgan fingerprint density at radius 3 is 2.43 bits per heavy atom. The van der Waals surface area contributed by atoms with Crippen molar-refractivity contribution in [2.45, 2.75) is 38.9 Å². The minimum absolute atomic E-state index is 0.00327. The molecule has 220 valence electrons. The normalized spacial score (nSPS) is 15.2. The van der Waals surface area contributed by atoms with Crippen molar-refractivity contribution < 1.29 is 14.3 Å². The first kappa shape index (κ1) is 29.8. The van der Waals surface area contributed by atoms with E-state index in [4.69, 9.17) is 16.3 Å². The lowest BCUT2D eigenvalue weighted by Crippen LogP contribution is -2.40. The predicted octanol–water partition coefficient (Wildman–Crippen LogP) is 5.38. The van der Waals surface area contributed by atoms with E-state index >= 15 is 0 Å². The van der Waals surface area contributed by atoms with Gasteiger partial charge in [0.15, 0.2) is 0 Å². The second kappa shape index (κ2) is 14.4. The SMILES string of the molecule is COCC(=O)N1CCCN(Cc2ccc(Cl)cc2)CCCN(C(=O)CCn2ncc3ccccc32)Cc2ccccc21. The van der Waals surface area contributed by atoms with Crippen molar-refractivity contribution in [3.05, 3.63) is 95.1 Å². The van der Waals surface area contributed by atoms with Gasteiger partial charge in [0.05, 0.1) is 18.3 Å². The van der Waals surface area contributed by atoms with Crippen molar-refractivity contribution in [3.8, 4) is 0 Å². The van der Waals surface area contributed by atoms with Crippen LogP contribution in [0.2, 0.25) is 5.02 Å². The summed E-state index contributed by atoms with van der Waals surface area (Å²) in [6.07, 6.45) is 3.85. The van der Waals surface area contributed by atoms with Gasteiger partial charge in [0.2, 0.25) is 5.91 Å². The Labute approximate surface area is 252 Å². The van der Waals surface area contributed by atoms with Crippen LogP contribution in [0.15, 0.2) is 79.0 Å². The Morgan fingerprint density at radius 2 is 1.62 bits per heavy atom. The molecule has 0 radical (unpaired) electrons. The number of carbonyl (C=O) groups excluding carboxylic acids is 2. The van der Waals surface area contributed by atoms with E-state index in [-0.39, 0.29) is 18.4 Å². The molecule has 0 aliphatic carbocycles. The highest BCUT2D eigenvalue weighted by Crippen LogP contribution is 2.25. The van der Waals surface area contributed by atoms with Gasteiger partial charge >= 0.3 is 0 Å². The number of fused-ring (bicyclic) bond motifs is 2. The molecule has 0 saturated heterocycles. The van der Waals surface area contributed by atoms with Crippen LogP contribution in [-0.4, -0.2) is 71.3 Å². The Kier molecular flexibility index (Phi) is 10.2. The molecule has 1 aromatic heterocycles. The summed E-state index contributed by atoms with van der Waals surface area (Å²) in [7, 11) is 1.54. The van der Waals surface area contributed by atoms with Crippen LogP contribution < -0.4 is 4.90 Å². The number of methoxy groups -OCH3 is 1. The highest BCUT2D eigenvalue weighted by Gasteiger charge is 2.23. The van der Waals surface area contributed by atoms with Crippen molar-refractivity contribution >= 4 is 40.0 Å². The fourth-order valence-electron chi connectivity index (χ4n) is 5.61. The number of hydrogen-bond acceptors (Lipinski definition) is 5. The third kappa shape index (κ3) is 7.56. The zero-order chi connectivity index (χ0) is 29.3. The number of ether oxygens (including phenoxy) is 1. The summed E-state index contributed by atoms with van der Waals surface area (Å²) >= 11 is 6.12. The fourth-order valence-corrected chi connectivity index (χ4v) is 5.73. The Balaban J connectivity index is 1.38. The van der Waals surface area contributed by atoms with Gasteiger partial charge < -0.3 is 14.5 Å². The van der Waals surface area contributed by atoms with Crippen LogP contribution in [-0.2, 0) is 34.0 Å². The smallest absolute Gasteiger partial charge is 0.252 e. The maximum atomic E-state index is 13.7. The number of aryl methyl sites for hydroxylation is 1. The molecule has 0 unspecified atom stereocenters. The standard InChI is InChI=1S/C33H38ClN5O3/c1-42-25-33(41)38-20-7-18-36(23-26-12-14-29(34)15-13-26)17-6-19-37(24-28-9-3-4-10-30(28)38)32(40)16-21-39-31-11-5-2-8-27(31)22-35-39/h2-5,8-15,22H,6-7,16-21,23-25H2,1H3. The van der Waals surface area contributed by atoms with E-state index in [9.17, 15) is 9.59 Å². The first-order valence-corrected chi connectivity index (χ1v) is 14.9. The summed E-state index contributed by atoms with van der Waals surface area (Å²) in [5, 5.41) is 6.29. The molecule has 0 bridgehead atoms. The van der Waals surface area contributed by atoms with Gasteiger partial charge in [-0.05, 0) is 48.2 Å². The van der Waals surface area contributed by atoms with Crippen LogP contribution in [0.25, 0.3) is 10.9 Å². The average Bonchev–Trinajstić information content (AvgIpc) is 3.41. The van der Waals surface area contributed by atoms with E-state index in [1.807, 2.05) is 81.3 Å². The summed E-state index contributed by atoms with van der Waals surface area (Å²) < 4.78 is 7.13. The largest absolute Gasteiger partial charge is 0.375 e. The molecule has 8 nitrogen and oxygen atoms in total. The van der Waals surface area contributed by atoms with E-state index in [0.29, 0.717) is 32.6 Å².